The summed E-state index contributed by atoms with van der Waals surface area (Å²) in [6.07, 6.45) is 2.29. The van der Waals surface area contributed by atoms with Gasteiger partial charge in [-0.3, -0.25) is 9.59 Å². The fourth-order valence-corrected chi connectivity index (χ4v) is 1.94. The number of carboxylic acid groups (broad SMARTS) is 1. The minimum Gasteiger partial charge on any atom is -0.481 e. The number of benzene rings is 1. The molecule has 4 heteroatoms. The van der Waals surface area contributed by atoms with E-state index in [1.807, 2.05) is 13.8 Å². The van der Waals surface area contributed by atoms with E-state index in [-0.39, 0.29) is 18.3 Å². The van der Waals surface area contributed by atoms with E-state index in [4.69, 9.17) is 9.84 Å². The van der Waals surface area contributed by atoms with Gasteiger partial charge in [0.05, 0.1) is 12.3 Å². The molecule has 104 valence electrons. The molecule has 0 saturated heterocycles. The molecular weight excluding hydrogens is 244 g/mol. The van der Waals surface area contributed by atoms with Gasteiger partial charge in [-0.15, -0.1) is 0 Å². The monoisotopic (exact) mass is 264 g/mol. The largest absolute Gasteiger partial charge is 0.481 e. The molecule has 1 N–H and O–H groups in total. The Hall–Kier alpha value is -1.84. The van der Waals surface area contributed by atoms with Gasteiger partial charge in [-0.2, -0.15) is 0 Å². The summed E-state index contributed by atoms with van der Waals surface area (Å²) in [5.74, 6) is -0.987. The first-order chi connectivity index (χ1) is 9.08. The maximum atomic E-state index is 12.0. The highest BCUT2D eigenvalue weighted by molar-refractivity contribution is 5.77. The van der Waals surface area contributed by atoms with Gasteiger partial charge in [-0.1, -0.05) is 38.5 Å². The number of carbonyl (C=O) groups excluding carboxylic acids is 1. The molecule has 0 aromatic heterocycles. The second-order valence-electron chi connectivity index (χ2n) is 4.49. The smallest absolute Gasteiger partial charge is 0.314 e. The predicted molar refractivity (Wildman–Crippen MR) is 72.1 cm³/mol. The van der Waals surface area contributed by atoms with Crippen molar-refractivity contribution < 1.29 is 19.4 Å². The molecule has 1 atom stereocenters. The topological polar surface area (TPSA) is 63.6 Å². The molecule has 0 bridgehead atoms. The minimum absolute atomic E-state index is 0.122. The number of rotatable bonds is 7. The first-order valence-corrected chi connectivity index (χ1v) is 6.59. The summed E-state index contributed by atoms with van der Waals surface area (Å²) in [5, 5.41) is 8.82. The molecule has 4 nitrogen and oxygen atoms in total. The number of carboxylic acids is 1. The zero-order valence-corrected chi connectivity index (χ0v) is 11.4. The number of hydrogen-bond acceptors (Lipinski definition) is 3. The Bertz CT molecular complexity index is 440. The first kappa shape index (κ1) is 15.2. The van der Waals surface area contributed by atoms with Gasteiger partial charge in [-0.05, 0) is 18.9 Å². The van der Waals surface area contributed by atoms with Crippen LogP contribution in [0.3, 0.4) is 0 Å². The fraction of sp³-hybridized carbons (Fsp3) is 0.467. The van der Waals surface area contributed by atoms with Crippen LogP contribution >= 0.6 is 0 Å². The van der Waals surface area contributed by atoms with Gasteiger partial charge in [0.25, 0.3) is 0 Å². The van der Waals surface area contributed by atoms with Gasteiger partial charge >= 0.3 is 11.9 Å². The van der Waals surface area contributed by atoms with E-state index >= 15 is 0 Å². The van der Waals surface area contributed by atoms with Crippen LogP contribution < -0.4 is 4.74 Å². The number of hydrogen-bond donors (Lipinski definition) is 1. The molecule has 0 aliphatic carbocycles. The van der Waals surface area contributed by atoms with Crippen molar-refractivity contribution in [2.45, 2.75) is 39.5 Å². The van der Waals surface area contributed by atoms with Gasteiger partial charge in [0, 0.05) is 5.56 Å². The van der Waals surface area contributed by atoms with Crippen molar-refractivity contribution in [3.63, 3.8) is 0 Å². The van der Waals surface area contributed by atoms with Crippen molar-refractivity contribution in [2.24, 2.45) is 5.92 Å². The van der Waals surface area contributed by atoms with E-state index < -0.39 is 5.97 Å². The summed E-state index contributed by atoms with van der Waals surface area (Å²) < 4.78 is 5.35. The number of aliphatic carboxylic acids is 1. The molecular formula is C15H20O4. The first-order valence-electron chi connectivity index (χ1n) is 6.59. The molecule has 19 heavy (non-hydrogen) atoms. The lowest BCUT2D eigenvalue weighted by molar-refractivity contribution is -0.140. The molecule has 1 rings (SSSR count). The van der Waals surface area contributed by atoms with Gasteiger partial charge in [0.1, 0.15) is 5.75 Å². The molecule has 1 unspecified atom stereocenters. The summed E-state index contributed by atoms with van der Waals surface area (Å²) in [7, 11) is 0. The van der Waals surface area contributed by atoms with Crippen LogP contribution in [0.2, 0.25) is 0 Å². The molecule has 0 spiro atoms. The van der Waals surface area contributed by atoms with Crippen LogP contribution in [0, 0.1) is 5.92 Å². The summed E-state index contributed by atoms with van der Waals surface area (Å²) in [6, 6.07) is 6.76. The summed E-state index contributed by atoms with van der Waals surface area (Å²) in [6.45, 7) is 3.97. The van der Waals surface area contributed by atoms with Crippen molar-refractivity contribution in [3.8, 4) is 5.75 Å². The van der Waals surface area contributed by atoms with Gasteiger partial charge in [-0.25, -0.2) is 0 Å². The highest BCUT2D eigenvalue weighted by Gasteiger charge is 2.19. The molecule has 0 aliphatic heterocycles. The van der Waals surface area contributed by atoms with Gasteiger partial charge in [0.15, 0.2) is 0 Å². The molecule has 0 amide bonds. The Kier molecular flexibility index (Phi) is 6.06. The maximum Gasteiger partial charge on any atom is 0.314 e. The third-order valence-electron chi connectivity index (χ3n) is 2.99. The van der Waals surface area contributed by atoms with Crippen LogP contribution in [0.4, 0.5) is 0 Å². The van der Waals surface area contributed by atoms with Crippen LogP contribution in [-0.2, 0) is 16.0 Å². The normalized spacial score (nSPS) is 11.9. The van der Waals surface area contributed by atoms with E-state index in [1.54, 1.807) is 24.3 Å². The van der Waals surface area contributed by atoms with E-state index in [0.29, 0.717) is 11.3 Å². The standard InChI is InChI=1S/C15H20O4/c1-3-7-11(4-2)15(18)19-13-9-6-5-8-12(13)10-14(16)17/h5-6,8-9,11H,3-4,7,10H2,1-2H3,(H,16,17). The number of ether oxygens (including phenoxy) is 1. The van der Waals surface area contributed by atoms with Gasteiger partial charge < -0.3 is 9.84 Å². The fourth-order valence-electron chi connectivity index (χ4n) is 1.94. The van der Waals surface area contributed by atoms with Crippen molar-refractivity contribution in [3.05, 3.63) is 29.8 Å². The average Bonchev–Trinajstić information content (AvgIpc) is 2.37. The summed E-state index contributed by atoms with van der Waals surface area (Å²) >= 11 is 0. The van der Waals surface area contributed by atoms with Crippen LogP contribution in [0.15, 0.2) is 24.3 Å². The Morgan fingerprint density at radius 1 is 1.26 bits per heavy atom. The Labute approximate surface area is 113 Å². The lowest BCUT2D eigenvalue weighted by Gasteiger charge is -2.14. The Balaban J connectivity index is 2.80. The SMILES string of the molecule is CCCC(CC)C(=O)Oc1ccccc1CC(=O)O. The van der Waals surface area contributed by atoms with Crippen molar-refractivity contribution in [2.75, 3.05) is 0 Å². The van der Waals surface area contributed by atoms with E-state index in [0.717, 1.165) is 19.3 Å². The van der Waals surface area contributed by atoms with E-state index in [1.165, 1.54) is 0 Å². The second kappa shape index (κ2) is 7.56. The molecule has 1 aromatic rings. The number of esters is 1. The molecule has 1 aromatic carbocycles. The molecule has 0 heterocycles. The molecule has 0 aliphatic rings. The zero-order chi connectivity index (χ0) is 14.3. The minimum atomic E-state index is -0.941. The van der Waals surface area contributed by atoms with Crippen LogP contribution in [0.5, 0.6) is 5.75 Å². The summed E-state index contributed by atoms with van der Waals surface area (Å²) in [4.78, 5) is 22.8. The third-order valence-corrected chi connectivity index (χ3v) is 2.99. The number of para-hydroxylation sites is 1. The van der Waals surface area contributed by atoms with Crippen molar-refractivity contribution in [1.29, 1.82) is 0 Å². The maximum absolute atomic E-state index is 12.0. The Morgan fingerprint density at radius 2 is 1.95 bits per heavy atom. The predicted octanol–water partition coefficient (Wildman–Crippen LogP) is 3.05. The molecule has 0 radical (unpaired) electrons. The second-order valence-corrected chi connectivity index (χ2v) is 4.49. The zero-order valence-electron chi connectivity index (χ0n) is 11.4. The Morgan fingerprint density at radius 3 is 2.53 bits per heavy atom. The van der Waals surface area contributed by atoms with Crippen LogP contribution in [0.25, 0.3) is 0 Å². The molecule has 0 fully saturated rings. The van der Waals surface area contributed by atoms with E-state index in [2.05, 4.69) is 0 Å². The quantitative estimate of drug-likeness (QED) is 0.607. The van der Waals surface area contributed by atoms with Crippen molar-refractivity contribution in [1.82, 2.24) is 0 Å². The highest BCUT2D eigenvalue weighted by atomic mass is 16.5. The number of carbonyl (C=O) groups is 2. The van der Waals surface area contributed by atoms with E-state index in [9.17, 15) is 9.59 Å². The molecule has 0 saturated carbocycles. The third kappa shape index (κ3) is 4.73. The highest BCUT2D eigenvalue weighted by Crippen LogP contribution is 2.21. The summed E-state index contributed by atoms with van der Waals surface area (Å²) in [5.41, 5.74) is 0.523. The average molecular weight is 264 g/mol. The van der Waals surface area contributed by atoms with Crippen LogP contribution in [0.1, 0.15) is 38.7 Å². The van der Waals surface area contributed by atoms with Gasteiger partial charge in [0.2, 0.25) is 0 Å². The van der Waals surface area contributed by atoms with Crippen LogP contribution in [-0.4, -0.2) is 17.0 Å². The lowest BCUT2D eigenvalue weighted by Crippen LogP contribution is -2.20. The van der Waals surface area contributed by atoms with Crippen molar-refractivity contribution >= 4 is 11.9 Å². The lowest BCUT2D eigenvalue weighted by atomic mass is 10.0.